The van der Waals surface area contributed by atoms with E-state index in [-0.39, 0.29) is 11.9 Å². The first kappa shape index (κ1) is 15.8. The summed E-state index contributed by atoms with van der Waals surface area (Å²) in [5.74, 6) is 0.644. The number of nitrogens with zero attached hydrogens (tertiary/aromatic N) is 1. The highest BCUT2D eigenvalue weighted by Gasteiger charge is 2.30. The van der Waals surface area contributed by atoms with Crippen LogP contribution in [0.4, 0.5) is 0 Å². The van der Waals surface area contributed by atoms with Gasteiger partial charge in [-0.3, -0.25) is 9.69 Å². The fourth-order valence-corrected chi connectivity index (χ4v) is 3.34. The number of ether oxygens (including phenoxy) is 1. The highest BCUT2D eigenvalue weighted by molar-refractivity contribution is 5.70. The summed E-state index contributed by atoms with van der Waals surface area (Å²) in [6.45, 7) is 7.24. The van der Waals surface area contributed by atoms with E-state index in [1.807, 2.05) is 6.07 Å². The van der Waals surface area contributed by atoms with Crippen molar-refractivity contribution in [1.29, 1.82) is 0 Å². The number of benzene rings is 1. The van der Waals surface area contributed by atoms with Crippen LogP contribution in [0.2, 0.25) is 0 Å². The summed E-state index contributed by atoms with van der Waals surface area (Å²) in [5.41, 5.74) is 2.72. The molecule has 2 rings (SSSR count). The van der Waals surface area contributed by atoms with Crippen molar-refractivity contribution in [2.45, 2.75) is 26.8 Å². The molecular formula is C18H25NO2. The fraction of sp³-hybridized carbons (Fsp3) is 0.500. The Morgan fingerprint density at radius 1 is 1.33 bits per heavy atom. The van der Waals surface area contributed by atoms with Crippen LogP contribution in [0.5, 0.6) is 0 Å². The molecule has 0 aromatic heterocycles. The standard InChI is InChI=1S/C18H25NO2/c1-4-17-14(2)11-19(12-15-8-6-5-7-9-15)13-16(17)10-18(20)21-3/h4-9,14,16H,10-13H2,1-3H3/b17-4+. The summed E-state index contributed by atoms with van der Waals surface area (Å²) in [5, 5.41) is 0. The minimum Gasteiger partial charge on any atom is -0.469 e. The van der Waals surface area contributed by atoms with Crippen LogP contribution in [0, 0.1) is 11.8 Å². The average Bonchev–Trinajstić information content (AvgIpc) is 2.48. The lowest BCUT2D eigenvalue weighted by Gasteiger charge is -2.38. The van der Waals surface area contributed by atoms with Gasteiger partial charge >= 0.3 is 5.97 Å². The summed E-state index contributed by atoms with van der Waals surface area (Å²) < 4.78 is 4.85. The zero-order valence-corrected chi connectivity index (χ0v) is 13.2. The maximum absolute atomic E-state index is 11.6. The molecule has 2 atom stereocenters. The molecule has 1 saturated heterocycles. The second-order valence-electron chi connectivity index (χ2n) is 5.85. The van der Waals surface area contributed by atoms with Crippen LogP contribution in [-0.4, -0.2) is 31.1 Å². The SMILES string of the molecule is C/C=C1\C(C)CN(Cc2ccccc2)CC1CC(=O)OC. The molecule has 21 heavy (non-hydrogen) atoms. The van der Waals surface area contributed by atoms with Crippen molar-refractivity contribution < 1.29 is 9.53 Å². The fourth-order valence-electron chi connectivity index (χ4n) is 3.34. The molecule has 1 aromatic carbocycles. The zero-order valence-electron chi connectivity index (χ0n) is 13.2. The third kappa shape index (κ3) is 4.18. The summed E-state index contributed by atoms with van der Waals surface area (Å²) in [6.07, 6.45) is 2.66. The minimum atomic E-state index is -0.117. The Kier molecular flexibility index (Phi) is 5.57. The van der Waals surface area contributed by atoms with E-state index < -0.39 is 0 Å². The van der Waals surface area contributed by atoms with Crippen LogP contribution in [0.3, 0.4) is 0 Å². The van der Waals surface area contributed by atoms with E-state index in [1.165, 1.54) is 18.2 Å². The monoisotopic (exact) mass is 287 g/mol. The third-order valence-electron chi connectivity index (χ3n) is 4.27. The van der Waals surface area contributed by atoms with Gasteiger partial charge in [-0.15, -0.1) is 0 Å². The van der Waals surface area contributed by atoms with Gasteiger partial charge in [0.25, 0.3) is 0 Å². The molecule has 1 aliphatic rings. The number of hydrogen-bond donors (Lipinski definition) is 0. The molecule has 0 amide bonds. The van der Waals surface area contributed by atoms with Crippen LogP contribution < -0.4 is 0 Å². The molecule has 0 saturated carbocycles. The predicted octanol–water partition coefficient (Wildman–Crippen LogP) is 3.26. The highest BCUT2D eigenvalue weighted by atomic mass is 16.5. The zero-order chi connectivity index (χ0) is 15.2. The van der Waals surface area contributed by atoms with E-state index in [4.69, 9.17) is 4.74 Å². The van der Waals surface area contributed by atoms with Crippen molar-refractivity contribution in [3.63, 3.8) is 0 Å². The van der Waals surface area contributed by atoms with Crippen LogP contribution in [0.15, 0.2) is 42.0 Å². The van der Waals surface area contributed by atoms with Gasteiger partial charge in [-0.05, 0) is 18.4 Å². The second kappa shape index (κ2) is 7.41. The molecule has 0 bridgehead atoms. The summed E-state index contributed by atoms with van der Waals surface area (Å²) in [7, 11) is 1.46. The maximum atomic E-state index is 11.6. The molecule has 1 fully saturated rings. The molecule has 2 unspecified atom stereocenters. The summed E-state index contributed by atoms with van der Waals surface area (Å²) in [6, 6.07) is 10.5. The van der Waals surface area contributed by atoms with E-state index >= 15 is 0 Å². The Bertz CT molecular complexity index is 495. The number of carbonyl (C=O) groups is 1. The smallest absolute Gasteiger partial charge is 0.306 e. The summed E-state index contributed by atoms with van der Waals surface area (Å²) >= 11 is 0. The Balaban J connectivity index is 2.07. The number of methoxy groups -OCH3 is 1. The highest BCUT2D eigenvalue weighted by Crippen LogP contribution is 2.31. The van der Waals surface area contributed by atoms with Crippen LogP contribution >= 0.6 is 0 Å². The van der Waals surface area contributed by atoms with Gasteiger partial charge in [0.1, 0.15) is 0 Å². The Labute approximate surface area is 127 Å². The van der Waals surface area contributed by atoms with Crippen molar-refractivity contribution >= 4 is 5.97 Å². The molecule has 0 spiro atoms. The first-order valence-electron chi connectivity index (χ1n) is 7.63. The van der Waals surface area contributed by atoms with E-state index in [0.29, 0.717) is 12.3 Å². The van der Waals surface area contributed by atoms with Gasteiger partial charge in [0, 0.05) is 25.6 Å². The quantitative estimate of drug-likeness (QED) is 0.629. The number of allylic oxidation sites excluding steroid dienone is 1. The number of rotatable bonds is 4. The van der Waals surface area contributed by atoms with Crippen LogP contribution in [0.25, 0.3) is 0 Å². The Hall–Kier alpha value is -1.61. The molecule has 0 N–H and O–H groups in total. The topological polar surface area (TPSA) is 29.5 Å². The van der Waals surface area contributed by atoms with Gasteiger partial charge in [0.05, 0.1) is 13.5 Å². The minimum absolute atomic E-state index is 0.117. The third-order valence-corrected chi connectivity index (χ3v) is 4.27. The van der Waals surface area contributed by atoms with Crippen molar-refractivity contribution in [2.24, 2.45) is 11.8 Å². The normalized spacial score (nSPS) is 25.0. The van der Waals surface area contributed by atoms with Gasteiger partial charge in [0.15, 0.2) is 0 Å². The number of hydrogen-bond acceptors (Lipinski definition) is 3. The second-order valence-corrected chi connectivity index (χ2v) is 5.85. The molecular weight excluding hydrogens is 262 g/mol. The van der Waals surface area contributed by atoms with Crippen LogP contribution in [-0.2, 0) is 16.1 Å². The molecule has 0 radical (unpaired) electrons. The van der Waals surface area contributed by atoms with Crippen molar-refractivity contribution in [1.82, 2.24) is 4.90 Å². The molecule has 1 aliphatic heterocycles. The maximum Gasteiger partial charge on any atom is 0.306 e. The van der Waals surface area contributed by atoms with Crippen LogP contribution in [0.1, 0.15) is 25.8 Å². The van der Waals surface area contributed by atoms with Gasteiger partial charge in [-0.2, -0.15) is 0 Å². The molecule has 114 valence electrons. The van der Waals surface area contributed by atoms with Crippen molar-refractivity contribution in [3.05, 3.63) is 47.5 Å². The van der Waals surface area contributed by atoms with E-state index in [1.54, 1.807) is 0 Å². The Morgan fingerprint density at radius 2 is 2.05 bits per heavy atom. The van der Waals surface area contributed by atoms with Gasteiger partial charge in [-0.25, -0.2) is 0 Å². The van der Waals surface area contributed by atoms with Crippen molar-refractivity contribution in [3.8, 4) is 0 Å². The molecule has 1 heterocycles. The first-order chi connectivity index (χ1) is 10.1. The lowest BCUT2D eigenvalue weighted by Crippen LogP contribution is -2.41. The number of esters is 1. The van der Waals surface area contributed by atoms with Crippen molar-refractivity contribution in [2.75, 3.05) is 20.2 Å². The number of likely N-dealkylation sites (tertiary alicyclic amines) is 1. The first-order valence-corrected chi connectivity index (χ1v) is 7.63. The molecule has 0 aliphatic carbocycles. The molecule has 1 aromatic rings. The molecule has 3 nitrogen and oxygen atoms in total. The average molecular weight is 287 g/mol. The van der Waals surface area contributed by atoms with Gasteiger partial charge in [-0.1, -0.05) is 48.9 Å². The van der Waals surface area contributed by atoms with E-state index in [9.17, 15) is 4.79 Å². The van der Waals surface area contributed by atoms with E-state index in [0.717, 1.165) is 19.6 Å². The van der Waals surface area contributed by atoms with E-state index in [2.05, 4.69) is 49.1 Å². The summed E-state index contributed by atoms with van der Waals surface area (Å²) in [4.78, 5) is 14.1. The largest absolute Gasteiger partial charge is 0.469 e. The van der Waals surface area contributed by atoms with Gasteiger partial charge in [0.2, 0.25) is 0 Å². The lowest BCUT2D eigenvalue weighted by molar-refractivity contribution is -0.141. The van der Waals surface area contributed by atoms with Gasteiger partial charge < -0.3 is 4.74 Å². The lowest BCUT2D eigenvalue weighted by atomic mass is 9.82. The Morgan fingerprint density at radius 3 is 2.67 bits per heavy atom. The molecule has 3 heteroatoms. The number of piperidine rings is 1. The number of carbonyl (C=O) groups excluding carboxylic acids is 1. The predicted molar refractivity (Wildman–Crippen MR) is 84.8 cm³/mol.